The first-order valence-electron chi connectivity index (χ1n) is 6.19. The van der Waals surface area contributed by atoms with Gasteiger partial charge in [0.2, 0.25) is 0 Å². The fourth-order valence-electron chi connectivity index (χ4n) is 1.98. The summed E-state index contributed by atoms with van der Waals surface area (Å²) in [5, 5.41) is 11.5. The molecule has 0 spiro atoms. The summed E-state index contributed by atoms with van der Waals surface area (Å²) in [5.41, 5.74) is 9.57. The second-order valence-electron chi connectivity index (χ2n) is 4.35. The predicted octanol–water partition coefficient (Wildman–Crippen LogP) is 1.55. The molecule has 7 nitrogen and oxygen atoms in total. The van der Waals surface area contributed by atoms with Crippen molar-refractivity contribution in [3.63, 3.8) is 0 Å². The average molecular weight is 342 g/mol. The summed E-state index contributed by atoms with van der Waals surface area (Å²) < 4.78 is 2.62. The summed E-state index contributed by atoms with van der Waals surface area (Å²) in [6.45, 7) is 2.00. The first-order chi connectivity index (χ1) is 9.56. The van der Waals surface area contributed by atoms with Crippen molar-refractivity contribution in [3.8, 4) is 0 Å². The second-order valence-corrected chi connectivity index (χ2v) is 5.27. The van der Waals surface area contributed by atoms with E-state index in [0.717, 1.165) is 23.0 Å². The number of pyridine rings is 1. The van der Waals surface area contributed by atoms with Gasteiger partial charge in [-0.1, -0.05) is 13.3 Å². The SMILES string of the molecule is CCCc1nc2c(N)cc(Br)cn2c1NCC(=O)NO. The van der Waals surface area contributed by atoms with Crippen LogP contribution in [-0.2, 0) is 11.2 Å². The van der Waals surface area contributed by atoms with Crippen molar-refractivity contribution in [2.24, 2.45) is 0 Å². The second kappa shape index (κ2) is 6.10. The molecule has 2 aromatic heterocycles. The Morgan fingerprint density at radius 1 is 1.60 bits per heavy atom. The molecule has 5 N–H and O–H groups in total. The van der Waals surface area contributed by atoms with Crippen LogP contribution in [0.3, 0.4) is 0 Å². The van der Waals surface area contributed by atoms with Gasteiger partial charge in [0.05, 0.1) is 17.9 Å². The minimum absolute atomic E-state index is 0.0482. The molecule has 0 radical (unpaired) electrons. The number of nitrogens with zero attached hydrogens (tertiary/aromatic N) is 2. The van der Waals surface area contributed by atoms with Gasteiger partial charge in [0, 0.05) is 10.7 Å². The Morgan fingerprint density at radius 2 is 2.35 bits per heavy atom. The molecule has 0 aromatic carbocycles. The molecule has 8 heteroatoms. The highest BCUT2D eigenvalue weighted by Crippen LogP contribution is 2.26. The third kappa shape index (κ3) is 2.86. The monoisotopic (exact) mass is 341 g/mol. The number of hydroxylamine groups is 1. The van der Waals surface area contributed by atoms with Gasteiger partial charge in [-0.15, -0.1) is 0 Å². The molecule has 1 amide bonds. The van der Waals surface area contributed by atoms with Crippen molar-refractivity contribution in [2.75, 3.05) is 17.6 Å². The minimum Gasteiger partial charge on any atom is -0.396 e. The van der Waals surface area contributed by atoms with E-state index in [9.17, 15) is 4.79 Å². The number of rotatable bonds is 5. The Hall–Kier alpha value is -1.80. The number of aromatic nitrogens is 2. The summed E-state index contributed by atoms with van der Waals surface area (Å²) in [5.74, 6) is 0.184. The number of hydrogen-bond acceptors (Lipinski definition) is 5. The topological polar surface area (TPSA) is 105 Å². The van der Waals surface area contributed by atoms with Gasteiger partial charge in [0.25, 0.3) is 5.91 Å². The quantitative estimate of drug-likeness (QED) is 0.487. The number of nitrogens with one attached hydrogen (secondary N) is 2. The fraction of sp³-hybridized carbons (Fsp3) is 0.333. The number of nitrogen functional groups attached to an aromatic ring is 1. The molecule has 2 aromatic rings. The molecule has 0 unspecified atom stereocenters. The van der Waals surface area contributed by atoms with Crippen LogP contribution in [0.4, 0.5) is 11.5 Å². The number of aryl methyl sites for hydroxylation is 1. The number of imidazole rings is 1. The van der Waals surface area contributed by atoms with Gasteiger partial charge < -0.3 is 11.1 Å². The first kappa shape index (κ1) is 14.6. The Morgan fingerprint density at radius 3 is 3.00 bits per heavy atom. The number of amides is 1. The summed E-state index contributed by atoms with van der Waals surface area (Å²) in [6.07, 6.45) is 3.52. The molecule has 0 aliphatic rings. The van der Waals surface area contributed by atoms with Gasteiger partial charge in [-0.3, -0.25) is 14.4 Å². The molecular formula is C12H16BrN5O2. The molecule has 20 heavy (non-hydrogen) atoms. The number of nitrogens with two attached hydrogens (primary N) is 1. The lowest BCUT2D eigenvalue weighted by atomic mass is 10.2. The van der Waals surface area contributed by atoms with E-state index in [1.165, 1.54) is 0 Å². The van der Waals surface area contributed by atoms with E-state index in [2.05, 4.69) is 26.2 Å². The summed E-state index contributed by atoms with van der Waals surface area (Å²) in [4.78, 5) is 15.7. The number of fused-ring (bicyclic) bond motifs is 1. The minimum atomic E-state index is -0.523. The Balaban J connectivity index is 2.47. The van der Waals surface area contributed by atoms with E-state index >= 15 is 0 Å². The zero-order valence-electron chi connectivity index (χ0n) is 11.0. The standard InChI is InChI=1S/C12H16BrN5O2/c1-2-3-9-12(15-5-10(19)17-20)18-6-7(13)4-8(14)11(18)16-9/h4,6,15,20H,2-3,5,14H2,1H3,(H,17,19). The third-order valence-electron chi connectivity index (χ3n) is 2.82. The molecular weight excluding hydrogens is 326 g/mol. The highest BCUT2D eigenvalue weighted by molar-refractivity contribution is 9.10. The highest BCUT2D eigenvalue weighted by Gasteiger charge is 2.14. The molecule has 0 atom stereocenters. The summed E-state index contributed by atoms with van der Waals surface area (Å²) in [7, 11) is 0. The van der Waals surface area contributed by atoms with Crippen LogP contribution in [0.15, 0.2) is 16.7 Å². The van der Waals surface area contributed by atoms with Crippen LogP contribution in [-0.4, -0.2) is 27.0 Å². The van der Waals surface area contributed by atoms with E-state index in [0.29, 0.717) is 17.2 Å². The van der Waals surface area contributed by atoms with E-state index in [-0.39, 0.29) is 6.54 Å². The van der Waals surface area contributed by atoms with Gasteiger partial charge in [0.15, 0.2) is 5.65 Å². The normalized spacial score (nSPS) is 10.8. The van der Waals surface area contributed by atoms with Gasteiger partial charge in [-0.05, 0) is 28.4 Å². The Bertz CT molecular complexity index is 640. The van der Waals surface area contributed by atoms with Crippen LogP contribution < -0.4 is 16.5 Å². The van der Waals surface area contributed by atoms with Crippen molar-refractivity contribution in [1.29, 1.82) is 0 Å². The smallest absolute Gasteiger partial charge is 0.262 e. The lowest BCUT2D eigenvalue weighted by molar-refractivity contribution is -0.127. The molecule has 0 aliphatic heterocycles. The summed E-state index contributed by atoms with van der Waals surface area (Å²) in [6, 6.07) is 1.78. The van der Waals surface area contributed by atoms with Crippen LogP contribution in [0, 0.1) is 0 Å². The first-order valence-corrected chi connectivity index (χ1v) is 6.98. The molecule has 108 valence electrons. The van der Waals surface area contributed by atoms with Crippen LogP contribution in [0.5, 0.6) is 0 Å². The maximum atomic E-state index is 11.2. The molecule has 0 saturated carbocycles. The third-order valence-corrected chi connectivity index (χ3v) is 3.25. The van der Waals surface area contributed by atoms with Crippen LogP contribution in [0.25, 0.3) is 5.65 Å². The van der Waals surface area contributed by atoms with Crippen LogP contribution >= 0.6 is 15.9 Å². The average Bonchev–Trinajstić information content (AvgIpc) is 2.74. The number of hydrogen-bond donors (Lipinski definition) is 4. The number of halogens is 1. The molecule has 0 saturated heterocycles. The Labute approximate surface area is 124 Å². The van der Waals surface area contributed by atoms with Crippen molar-refractivity contribution in [2.45, 2.75) is 19.8 Å². The van der Waals surface area contributed by atoms with Crippen molar-refractivity contribution in [3.05, 3.63) is 22.4 Å². The highest BCUT2D eigenvalue weighted by atomic mass is 79.9. The molecule has 0 aliphatic carbocycles. The zero-order chi connectivity index (χ0) is 14.7. The zero-order valence-corrected chi connectivity index (χ0v) is 12.6. The molecule has 0 fully saturated rings. The van der Waals surface area contributed by atoms with E-state index in [4.69, 9.17) is 10.9 Å². The van der Waals surface area contributed by atoms with E-state index < -0.39 is 5.91 Å². The number of anilines is 2. The molecule has 0 bridgehead atoms. The van der Waals surface area contributed by atoms with E-state index in [1.54, 1.807) is 15.9 Å². The molecule has 2 heterocycles. The fourth-order valence-corrected chi connectivity index (χ4v) is 2.44. The molecule has 2 rings (SSSR count). The van der Waals surface area contributed by atoms with Crippen molar-refractivity contribution in [1.82, 2.24) is 14.9 Å². The van der Waals surface area contributed by atoms with Crippen LogP contribution in [0.2, 0.25) is 0 Å². The van der Waals surface area contributed by atoms with Crippen LogP contribution in [0.1, 0.15) is 19.0 Å². The number of carbonyl (C=O) groups excluding carboxylic acids is 1. The van der Waals surface area contributed by atoms with Crippen molar-refractivity contribution >= 4 is 39.0 Å². The maximum absolute atomic E-state index is 11.2. The maximum Gasteiger partial charge on any atom is 0.262 e. The lowest BCUT2D eigenvalue weighted by Gasteiger charge is -2.08. The van der Waals surface area contributed by atoms with Gasteiger partial charge in [0.1, 0.15) is 5.82 Å². The lowest BCUT2D eigenvalue weighted by Crippen LogP contribution is -2.27. The summed E-state index contributed by atoms with van der Waals surface area (Å²) >= 11 is 3.38. The largest absolute Gasteiger partial charge is 0.396 e. The van der Waals surface area contributed by atoms with Gasteiger partial charge >= 0.3 is 0 Å². The van der Waals surface area contributed by atoms with E-state index in [1.807, 2.05) is 13.1 Å². The number of carbonyl (C=O) groups is 1. The van der Waals surface area contributed by atoms with Gasteiger partial charge in [-0.25, -0.2) is 10.5 Å². The van der Waals surface area contributed by atoms with Crippen molar-refractivity contribution < 1.29 is 10.0 Å². The van der Waals surface area contributed by atoms with Gasteiger partial charge in [-0.2, -0.15) is 0 Å². The Kier molecular flexibility index (Phi) is 4.46. The predicted molar refractivity (Wildman–Crippen MR) is 79.7 cm³/mol.